The number of benzene rings is 2. The lowest BCUT2D eigenvalue weighted by Gasteiger charge is -2.27. The molecular formula is C22H25ClN2O3. The van der Waals surface area contributed by atoms with Gasteiger partial charge in [-0.05, 0) is 37.3 Å². The van der Waals surface area contributed by atoms with Crippen molar-refractivity contribution in [3.8, 4) is 5.75 Å². The first-order valence-electron chi connectivity index (χ1n) is 9.37. The van der Waals surface area contributed by atoms with Crippen LogP contribution in [0.25, 0.3) is 10.9 Å². The van der Waals surface area contributed by atoms with Crippen molar-refractivity contribution in [2.24, 2.45) is 0 Å². The summed E-state index contributed by atoms with van der Waals surface area (Å²) in [4.78, 5) is 15.6. The molecule has 1 aliphatic heterocycles. The Morgan fingerprint density at radius 3 is 2.43 bits per heavy atom. The van der Waals surface area contributed by atoms with Crippen LogP contribution in [0, 0.1) is 6.92 Å². The molecule has 1 N–H and O–H groups in total. The highest BCUT2D eigenvalue weighted by atomic mass is 35.5. The lowest BCUT2D eigenvalue weighted by atomic mass is 10.0. The highest BCUT2D eigenvalue weighted by Gasteiger charge is 2.21. The van der Waals surface area contributed by atoms with Crippen molar-refractivity contribution in [3.05, 3.63) is 65.4 Å². The van der Waals surface area contributed by atoms with Gasteiger partial charge in [0.25, 0.3) is 0 Å². The van der Waals surface area contributed by atoms with E-state index in [1.807, 2.05) is 25.1 Å². The molecule has 0 atom stereocenters. The predicted octanol–water partition coefficient (Wildman–Crippen LogP) is 3.64. The first-order valence-corrected chi connectivity index (χ1v) is 9.37. The van der Waals surface area contributed by atoms with E-state index in [2.05, 4.69) is 15.5 Å². The summed E-state index contributed by atoms with van der Waals surface area (Å²) >= 11 is 0. The quantitative estimate of drug-likeness (QED) is 0.664. The Balaban J connectivity index is 0.00000225. The summed E-state index contributed by atoms with van der Waals surface area (Å²) in [5.41, 5.74) is 3.41. The number of ether oxygens (including phenoxy) is 1. The van der Waals surface area contributed by atoms with E-state index in [-0.39, 0.29) is 23.9 Å². The second kappa shape index (κ2) is 8.78. The number of para-hydroxylation sites is 1. The van der Waals surface area contributed by atoms with Gasteiger partial charge in [0.2, 0.25) is 0 Å². The van der Waals surface area contributed by atoms with Crippen molar-refractivity contribution in [1.82, 2.24) is 9.47 Å². The number of carbonyl (C=O) groups excluding carboxylic acids is 1. The summed E-state index contributed by atoms with van der Waals surface area (Å²) in [5.74, 6) is 0.157. The van der Waals surface area contributed by atoms with E-state index in [4.69, 9.17) is 4.74 Å². The molecule has 0 unspecified atom stereocenters. The average Bonchev–Trinajstić information content (AvgIpc) is 2.98. The van der Waals surface area contributed by atoms with Crippen LogP contribution in [0.1, 0.15) is 21.6 Å². The minimum atomic E-state index is -0.00572. The number of hydrogen-bond acceptors (Lipinski definition) is 4. The number of halogens is 1. The molecule has 6 heteroatoms. The zero-order valence-corrected chi connectivity index (χ0v) is 16.7. The highest BCUT2D eigenvalue weighted by molar-refractivity contribution is 6.17. The number of rotatable bonds is 5. The lowest BCUT2D eigenvalue weighted by Crippen LogP contribution is -2.38. The summed E-state index contributed by atoms with van der Waals surface area (Å²) in [6.07, 6.45) is 0. The minimum Gasteiger partial charge on any atom is -0.508 e. The fourth-order valence-electron chi connectivity index (χ4n) is 3.83. The summed E-state index contributed by atoms with van der Waals surface area (Å²) in [7, 11) is 0. The molecule has 148 valence electrons. The van der Waals surface area contributed by atoms with Crippen LogP contribution in [0.5, 0.6) is 5.75 Å². The van der Waals surface area contributed by atoms with E-state index < -0.39 is 0 Å². The summed E-state index contributed by atoms with van der Waals surface area (Å²) in [6, 6.07) is 14.5. The Morgan fingerprint density at radius 1 is 1.04 bits per heavy atom. The number of morpholine rings is 1. The molecule has 0 saturated carbocycles. The van der Waals surface area contributed by atoms with E-state index >= 15 is 0 Å². The van der Waals surface area contributed by atoms with Gasteiger partial charge in [-0.3, -0.25) is 9.69 Å². The van der Waals surface area contributed by atoms with Gasteiger partial charge in [0, 0.05) is 48.3 Å². The van der Waals surface area contributed by atoms with Crippen LogP contribution in [0.15, 0.2) is 48.5 Å². The first-order chi connectivity index (χ1) is 13.1. The monoisotopic (exact) mass is 400 g/mol. The molecule has 0 aliphatic carbocycles. The Morgan fingerprint density at radius 2 is 1.71 bits per heavy atom. The van der Waals surface area contributed by atoms with Gasteiger partial charge in [-0.2, -0.15) is 0 Å². The third kappa shape index (κ3) is 3.92. The number of phenolic OH excluding ortho intramolecular Hbond substituents is 1. The van der Waals surface area contributed by atoms with E-state index in [0.717, 1.165) is 61.6 Å². The van der Waals surface area contributed by atoms with Crippen LogP contribution < -0.4 is 0 Å². The smallest absolute Gasteiger partial charge is 0.195 e. The number of fused-ring (bicyclic) bond motifs is 1. The van der Waals surface area contributed by atoms with Gasteiger partial charge in [0.1, 0.15) is 5.75 Å². The number of aromatic hydroxyl groups is 1. The Hall–Kier alpha value is -2.34. The van der Waals surface area contributed by atoms with Crippen LogP contribution >= 0.6 is 12.4 Å². The zero-order valence-electron chi connectivity index (χ0n) is 15.9. The van der Waals surface area contributed by atoms with Crippen LogP contribution in [0.3, 0.4) is 0 Å². The molecule has 1 saturated heterocycles. The SMILES string of the molecule is Cc1c(C(=O)c2ccc(O)cc2)c2ccccc2n1CCN1CCOCC1.Cl. The van der Waals surface area contributed by atoms with E-state index in [9.17, 15) is 9.90 Å². The molecule has 2 aromatic carbocycles. The fourth-order valence-corrected chi connectivity index (χ4v) is 3.83. The van der Waals surface area contributed by atoms with Crippen molar-refractivity contribution in [2.75, 3.05) is 32.8 Å². The van der Waals surface area contributed by atoms with Gasteiger partial charge < -0.3 is 14.4 Å². The largest absolute Gasteiger partial charge is 0.508 e. The second-order valence-electron chi connectivity index (χ2n) is 6.96. The van der Waals surface area contributed by atoms with Gasteiger partial charge in [-0.1, -0.05) is 18.2 Å². The highest BCUT2D eigenvalue weighted by Crippen LogP contribution is 2.28. The number of phenols is 1. The maximum atomic E-state index is 13.2. The van der Waals surface area contributed by atoms with Crippen LogP contribution in [-0.4, -0.2) is 53.2 Å². The maximum Gasteiger partial charge on any atom is 0.195 e. The maximum absolute atomic E-state index is 13.2. The topological polar surface area (TPSA) is 54.7 Å². The summed E-state index contributed by atoms with van der Waals surface area (Å²) in [5, 5.41) is 10.5. The number of aromatic nitrogens is 1. The Labute approximate surface area is 170 Å². The normalized spacial score (nSPS) is 14.8. The Bertz CT molecular complexity index is 960. The van der Waals surface area contributed by atoms with Crippen molar-refractivity contribution >= 4 is 29.1 Å². The van der Waals surface area contributed by atoms with E-state index in [1.165, 1.54) is 0 Å². The third-order valence-electron chi connectivity index (χ3n) is 5.33. The molecule has 0 spiro atoms. The number of carbonyl (C=O) groups is 1. The van der Waals surface area contributed by atoms with Gasteiger partial charge in [-0.15, -0.1) is 12.4 Å². The molecule has 2 heterocycles. The van der Waals surface area contributed by atoms with Gasteiger partial charge in [-0.25, -0.2) is 0 Å². The van der Waals surface area contributed by atoms with Crippen molar-refractivity contribution < 1.29 is 14.6 Å². The molecule has 3 aromatic rings. The van der Waals surface area contributed by atoms with Crippen molar-refractivity contribution in [3.63, 3.8) is 0 Å². The standard InChI is InChI=1S/C22H24N2O3.ClH/c1-16-21(22(26)17-6-8-18(25)9-7-17)19-4-2-3-5-20(19)24(16)11-10-23-12-14-27-15-13-23;/h2-9,25H,10-15H2,1H3;1H. The van der Waals surface area contributed by atoms with Gasteiger partial charge >= 0.3 is 0 Å². The van der Waals surface area contributed by atoms with Crippen LogP contribution in [-0.2, 0) is 11.3 Å². The third-order valence-corrected chi connectivity index (χ3v) is 5.33. The number of ketones is 1. The van der Waals surface area contributed by atoms with Crippen molar-refractivity contribution in [2.45, 2.75) is 13.5 Å². The molecule has 1 fully saturated rings. The molecule has 0 amide bonds. The zero-order chi connectivity index (χ0) is 18.8. The molecule has 0 bridgehead atoms. The second-order valence-corrected chi connectivity index (χ2v) is 6.96. The number of nitrogens with zero attached hydrogens (tertiary/aromatic N) is 2. The number of hydrogen-bond donors (Lipinski definition) is 1. The molecule has 5 nitrogen and oxygen atoms in total. The summed E-state index contributed by atoms with van der Waals surface area (Å²) in [6.45, 7) is 7.29. The van der Waals surface area contributed by atoms with E-state index in [0.29, 0.717) is 5.56 Å². The molecule has 4 rings (SSSR count). The van der Waals surface area contributed by atoms with Crippen LogP contribution in [0.2, 0.25) is 0 Å². The average molecular weight is 401 g/mol. The Kier molecular flexibility index (Phi) is 6.39. The molecule has 0 radical (unpaired) electrons. The summed E-state index contributed by atoms with van der Waals surface area (Å²) < 4.78 is 7.68. The van der Waals surface area contributed by atoms with Crippen LogP contribution in [0.4, 0.5) is 0 Å². The van der Waals surface area contributed by atoms with Gasteiger partial charge in [0.15, 0.2) is 5.78 Å². The predicted molar refractivity (Wildman–Crippen MR) is 113 cm³/mol. The fraction of sp³-hybridized carbons (Fsp3) is 0.318. The molecule has 1 aliphatic rings. The molecule has 28 heavy (non-hydrogen) atoms. The van der Waals surface area contributed by atoms with Crippen molar-refractivity contribution in [1.29, 1.82) is 0 Å². The molecular weight excluding hydrogens is 376 g/mol. The first kappa shape index (κ1) is 20.4. The lowest BCUT2D eigenvalue weighted by molar-refractivity contribution is 0.0365. The minimum absolute atomic E-state index is 0. The molecule has 1 aromatic heterocycles. The van der Waals surface area contributed by atoms with Gasteiger partial charge in [0.05, 0.1) is 18.8 Å². The van der Waals surface area contributed by atoms with E-state index in [1.54, 1.807) is 24.3 Å².